The van der Waals surface area contributed by atoms with Crippen LogP contribution in [0.25, 0.3) is 0 Å². The van der Waals surface area contributed by atoms with Crippen LogP contribution in [0.2, 0.25) is 0 Å². The van der Waals surface area contributed by atoms with Crippen LogP contribution in [0.4, 0.5) is 5.69 Å². The first kappa shape index (κ1) is 29.2. The third-order valence-corrected chi connectivity index (χ3v) is 8.07. The SMILES string of the molecule is COc1cccc(CN(C(=O)CN(c2cccc(Br)c2)S(=O)(=O)c2ccccc2)[C@H](C)C(=O)NC(C)C)c1. The lowest BCUT2D eigenvalue weighted by atomic mass is 10.1. The number of anilines is 1. The smallest absolute Gasteiger partial charge is 0.264 e. The number of ether oxygens (including phenoxy) is 1. The van der Waals surface area contributed by atoms with E-state index < -0.39 is 28.5 Å². The summed E-state index contributed by atoms with van der Waals surface area (Å²) in [6, 6.07) is 20.9. The topological polar surface area (TPSA) is 96.0 Å². The van der Waals surface area contributed by atoms with Crippen molar-refractivity contribution in [2.45, 2.75) is 44.3 Å². The van der Waals surface area contributed by atoms with Gasteiger partial charge in [-0.2, -0.15) is 0 Å². The van der Waals surface area contributed by atoms with Gasteiger partial charge in [-0.3, -0.25) is 13.9 Å². The zero-order valence-electron chi connectivity index (χ0n) is 21.8. The fraction of sp³-hybridized carbons (Fsp3) is 0.286. The van der Waals surface area contributed by atoms with Crippen LogP contribution < -0.4 is 14.4 Å². The van der Waals surface area contributed by atoms with E-state index in [1.165, 1.54) is 17.0 Å². The minimum Gasteiger partial charge on any atom is -0.497 e. The Morgan fingerprint density at radius 1 is 0.947 bits per heavy atom. The fourth-order valence-electron chi connectivity index (χ4n) is 3.83. The Morgan fingerprint density at radius 3 is 2.26 bits per heavy atom. The summed E-state index contributed by atoms with van der Waals surface area (Å²) in [6.45, 7) is 4.88. The van der Waals surface area contributed by atoms with Gasteiger partial charge in [-0.25, -0.2) is 8.42 Å². The average Bonchev–Trinajstić information content (AvgIpc) is 2.90. The molecule has 0 spiro atoms. The Kier molecular flexibility index (Phi) is 9.93. The zero-order chi connectivity index (χ0) is 27.9. The Bertz CT molecular complexity index is 1370. The van der Waals surface area contributed by atoms with Crippen LogP contribution in [0.15, 0.2) is 88.2 Å². The molecule has 0 unspecified atom stereocenters. The summed E-state index contributed by atoms with van der Waals surface area (Å²) < 4.78 is 34.5. The number of nitrogens with one attached hydrogen (secondary N) is 1. The first-order valence-electron chi connectivity index (χ1n) is 12.1. The Balaban J connectivity index is 2.03. The molecule has 38 heavy (non-hydrogen) atoms. The molecule has 202 valence electrons. The third kappa shape index (κ3) is 7.35. The van der Waals surface area contributed by atoms with Gasteiger partial charge in [-0.15, -0.1) is 0 Å². The lowest BCUT2D eigenvalue weighted by Crippen LogP contribution is -2.52. The molecule has 0 radical (unpaired) electrons. The first-order chi connectivity index (χ1) is 18.0. The molecule has 3 aromatic rings. The van der Waals surface area contributed by atoms with Gasteiger partial charge < -0.3 is 15.0 Å². The number of hydrogen-bond donors (Lipinski definition) is 1. The fourth-order valence-corrected chi connectivity index (χ4v) is 5.65. The van der Waals surface area contributed by atoms with Crippen molar-refractivity contribution in [1.82, 2.24) is 10.2 Å². The number of carbonyl (C=O) groups is 2. The maximum absolute atomic E-state index is 13.9. The number of hydrogen-bond acceptors (Lipinski definition) is 5. The molecule has 0 saturated heterocycles. The largest absolute Gasteiger partial charge is 0.497 e. The molecule has 3 aromatic carbocycles. The second-order valence-corrected chi connectivity index (χ2v) is 11.8. The molecule has 8 nitrogen and oxygen atoms in total. The van der Waals surface area contributed by atoms with E-state index in [1.807, 2.05) is 19.9 Å². The predicted octanol–water partition coefficient (Wildman–Crippen LogP) is 4.59. The molecule has 1 N–H and O–H groups in total. The second-order valence-electron chi connectivity index (χ2n) is 9.02. The van der Waals surface area contributed by atoms with Gasteiger partial charge in [0.25, 0.3) is 10.0 Å². The normalized spacial score (nSPS) is 12.1. The summed E-state index contributed by atoms with van der Waals surface area (Å²) in [5.74, 6) is -0.258. The van der Waals surface area contributed by atoms with Crippen molar-refractivity contribution in [2.75, 3.05) is 18.0 Å². The van der Waals surface area contributed by atoms with E-state index in [-0.39, 0.29) is 23.4 Å². The Morgan fingerprint density at radius 2 is 1.63 bits per heavy atom. The Labute approximate surface area is 232 Å². The number of halogens is 1. The molecule has 2 amide bonds. The van der Waals surface area contributed by atoms with Crippen molar-refractivity contribution in [3.05, 3.63) is 88.9 Å². The number of benzene rings is 3. The molecular weight excluding hydrogens is 570 g/mol. The van der Waals surface area contributed by atoms with Crippen molar-refractivity contribution in [2.24, 2.45) is 0 Å². The van der Waals surface area contributed by atoms with Crippen LogP contribution in [-0.4, -0.2) is 50.9 Å². The summed E-state index contributed by atoms with van der Waals surface area (Å²) in [4.78, 5) is 28.3. The molecular formula is C28H32BrN3O5S. The van der Waals surface area contributed by atoms with Gasteiger partial charge in [0.15, 0.2) is 0 Å². The monoisotopic (exact) mass is 601 g/mol. The van der Waals surface area contributed by atoms with Crippen molar-refractivity contribution in [3.63, 3.8) is 0 Å². The van der Waals surface area contributed by atoms with Crippen LogP contribution in [0.3, 0.4) is 0 Å². The number of methoxy groups -OCH3 is 1. The molecule has 0 aliphatic rings. The quantitative estimate of drug-likeness (QED) is 0.347. The lowest BCUT2D eigenvalue weighted by Gasteiger charge is -2.32. The lowest BCUT2D eigenvalue weighted by molar-refractivity contribution is -0.139. The first-order valence-corrected chi connectivity index (χ1v) is 14.3. The van der Waals surface area contributed by atoms with Crippen molar-refractivity contribution in [3.8, 4) is 5.75 Å². The third-order valence-electron chi connectivity index (χ3n) is 5.79. The van der Waals surface area contributed by atoms with Crippen LogP contribution in [0, 0.1) is 0 Å². The second kappa shape index (κ2) is 12.9. The highest BCUT2D eigenvalue weighted by Gasteiger charge is 2.32. The highest BCUT2D eigenvalue weighted by molar-refractivity contribution is 9.10. The molecule has 3 rings (SSSR count). The van der Waals surface area contributed by atoms with E-state index in [9.17, 15) is 18.0 Å². The summed E-state index contributed by atoms with van der Waals surface area (Å²) in [5, 5.41) is 2.84. The van der Waals surface area contributed by atoms with Crippen molar-refractivity contribution in [1.29, 1.82) is 0 Å². The van der Waals surface area contributed by atoms with Crippen LogP contribution in [0.1, 0.15) is 26.3 Å². The Hall–Kier alpha value is -3.37. The van der Waals surface area contributed by atoms with Gasteiger partial charge in [-0.1, -0.05) is 52.3 Å². The number of amides is 2. The predicted molar refractivity (Wildman–Crippen MR) is 151 cm³/mol. The summed E-state index contributed by atoms with van der Waals surface area (Å²) in [6.07, 6.45) is 0. The van der Waals surface area contributed by atoms with Crippen molar-refractivity contribution < 1.29 is 22.7 Å². The highest BCUT2D eigenvalue weighted by atomic mass is 79.9. The highest BCUT2D eigenvalue weighted by Crippen LogP contribution is 2.27. The summed E-state index contributed by atoms with van der Waals surface area (Å²) >= 11 is 3.39. The summed E-state index contributed by atoms with van der Waals surface area (Å²) in [5.41, 5.74) is 1.05. The molecule has 0 heterocycles. The molecule has 10 heteroatoms. The van der Waals surface area contributed by atoms with E-state index in [0.29, 0.717) is 15.9 Å². The van der Waals surface area contributed by atoms with E-state index >= 15 is 0 Å². The number of rotatable bonds is 11. The molecule has 0 bridgehead atoms. The minimum atomic E-state index is -4.10. The van der Waals surface area contributed by atoms with Crippen LogP contribution >= 0.6 is 15.9 Å². The zero-order valence-corrected chi connectivity index (χ0v) is 24.2. The molecule has 0 aliphatic carbocycles. The van der Waals surface area contributed by atoms with Gasteiger partial charge in [-0.05, 0) is 68.8 Å². The van der Waals surface area contributed by atoms with E-state index in [2.05, 4.69) is 21.2 Å². The van der Waals surface area contributed by atoms with Gasteiger partial charge in [0.2, 0.25) is 11.8 Å². The maximum atomic E-state index is 13.9. The van der Waals surface area contributed by atoms with Crippen molar-refractivity contribution >= 4 is 43.5 Å². The molecule has 1 atom stereocenters. The minimum absolute atomic E-state index is 0.0534. The maximum Gasteiger partial charge on any atom is 0.264 e. The van der Waals surface area contributed by atoms with Gasteiger partial charge in [0.05, 0.1) is 17.7 Å². The van der Waals surface area contributed by atoms with Gasteiger partial charge in [0.1, 0.15) is 18.3 Å². The molecule has 0 aromatic heterocycles. The molecule has 0 aliphatic heterocycles. The number of carbonyl (C=O) groups excluding carboxylic acids is 2. The average molecular weight is 603 g/mol. The van der Waals surface area contributed by atoms with E-state index in [4.69, 9.17) is 4.74 Å². The van der Waals surface area contributed by atoms with Gasteiger partial charge in [0, 0.05) is 17.1 Å². The van der Waals surface area contributed by atoms with E-state index in [1.54, 1.807) is 74.7 Å². The van der Waals surface area contributed by atoms with Crippen LogP contribution in [0.5, 0.6) is 5.75 Å². The number of sulfonamides is 1. The van der Waals surface area contributed by atoms with Crippen LogP contribution in [-0.2, 0) is 26.2 Å². The van der Waals surface area contributed by atoms with Gasteiger partial charge >= 0.3 is 0 Å². The summed E-state index contributed by atoms with van der Waals surface area (Å²) in [7, 11) is -2.56. The molecule has 0 saturated carbocycles. The standard InChI is InChI=1S/C28H32BrN3O5S/c1-20(2)30-28(34)21(3)31(18-22-10-8-13-25(16-22)37-4)27(33)19-32(24-12-9-11-23(29)17-24)38(35,36)26-14-6-5-7-15-26/h5-17,20-21H,18-19H2,1-4H3,(H,30,34)/t21-/m1/s1. The molecule has 0 fully saturated rings. The number of nitrogens with zero attached hydrogens (tertiary/aromatic N) is 2. The van der Waals surface area contributed by atoms with E-state index in [0.717, 1.165) is 9.87 Å².